The second-order valence-electron chi connectivity index (χ2n) is 8.00. The van der Waals surface area contributed by atoms with Crippen LogP contribution in [0, 0.1) is 11.8 Å². The maximum atomic E-state index is 13.0. The standard InChI is InChI=1S/C21H33N3O/c1-16(17-9-11-22-12-10-17)14-21(25)24-13-5-8-20(24)18-6-4-7-19(15-18)23(2)3/h4,6-7,15-17,20,22H,5,8-14H2,1-3H3. The van der Waals surface area contributed by atoms with Crippen LogP contribution in [0.15, 0.2) is 24.3 Å². The van der Waals surface area contributed by atoms with E-state index >= 15 is 0 Å². The Bertz CT molecular complexity index is 580. The number of carbonyl (C=O) groups excluding carboxylic acids is 1. The summed E-state index contributed by atoms with van der Waals surface area (Å²) in [7, 11) is 4.13. The number of carbonyl (C=O) groups is 1. The summed E-state index contributed by atoms with van der Waals surface area (Å²) in [4.78, 5) is 17.3. The van der Waals surface area contributed by atoms with Crippen LogP contribution in [-0.4, -0.2) is 44.5 Å². The molecule has 2 saturated heterocycles. The van der Waals surface area contributed by atoms with Crippen LogP contribution < -0.4 is 10.2 Å². The quantitative estimate of drug-likeness (QED) is 0.889. The molecule has 3 rings (SSSR count). The minimum Gasteiger partial charge on any atom is -0.378 e. The Morgan fingerprint density at radius 2 is 2.04 bits per heavy atom. The van der Waals surface area contributed by atoms with Gasteiger partial charge in [-0.2, -0.15) is 0 Å². The first-order valence-corrected chi connectivity index (χ1v) is 9.83. The highest BCUT2D eigenvalue weighted by atomic mass is 16.2. The zero-order chi connectivity index (χ0) is 17.8. The number of hydrogen-bond acceptors (Lipinski definition) is 3. The molecular weight excluding hydrogens is 310 g/mol. The van der Waals surface area contributed by atoms with Gasteiger partial charge in [0, 0.05) is 32.7 Å². The summed E-state index contributed by atoms with van der Waals surface area (Å²) in [6.07, 6.45) is 5.33. The first-order valence-electron chi connectivity index (χ1n) is 9.83. The molecule has 138 valence electrons. The van der Waals surface area contributed by atoms with Crippen LogP contribution in [0.5, 0.6) is 0 Å². The highest BCUT2D eigenvalue weighted by Crippen LogP contribution is 2.35. The monoisotopic (exact) mass is 343 g/mol. The number of rotatable bonds is 5. The molecule has 1 N–H and O–H groups in total. The van der Waals surface area contributed by atoms with Crippen molar-refractivity contribution >= 4 is 11.6 Å². The van der Waals surface area contributed by atoms with E-state index in [1.807, 2.05) is 0 Å². The van der Waals surface area contributed by atoms with Crippen LogP contribution in [0.1, 0.15) is 50.6 Å². The Balaban J connectivity index is 1.66. The fraction of sp³-hybridized carbons (Fsp3) is 0.667. The van der Waals surface area contributed by atoms with Gasteiger partial charge in [-0.1, -0.05) is 19.1 Å². The van der Waals surface area contributed by atoms with Crippen molar-refractivity contribution in [3.8, 4) is 0 Å². The first kappa shape index (κ1) is 18.2. The number of anilines is 1. The number of nitrogens with one attached hydrogen (secondary N) is 1. The second-order valence-corrected chi connectivity index (χ2v) is 8.00. The third kappa shape index (κ3) is 4.35. The van der Waals surface area contributed by atoms with E-state index in [1.54, 1.807) is 0 Å². The molecule has 2 fully saturated rings. The van der Waals surface area contributed by atoms with E-state index in [0.717, 1.165) is 32.5 Å². The minimum atomic E-state index is 0.257. The van der Waals surface area contributed by atoms with Gasteiger partial charge in [-0.15, -0.1) is 0 Å². The van der Waals surface area contributed by atoms with Crippen LogP contribution in [-0.2, 0) is 4.79 Å². The Hall–Kier alpha value is -1.55. The fourth-order valence-electron chi connectivity index (χ4n) is 4.39. The lowest BCUT2D eigenvalue weighted by atomic mass is 9.84. The lowest BCUT2D eigenvalue weighted by molar-refractivity contribution is -0.133. The smallest absolute Gasteiger partial charge is 0.223 e. The lowest BCUT2D eigenvalue weighted by Gasteiger charge is -2.31. The maximum absolute atomic E-state index is 13.0. The molecule has 0 spiro atoms. The second kappa shape index (κ2) is 8.22. The number of amides is 1. The molecule has 0 bridgehead atoms. The Morgan fingerprint density at radius 1 is 1.28 bits per heavy atom. The molecule has 2 aliphatic heterocycles. The van der Waals surface area contributed by atoms with Crippen molar-refractivity contribution in [2.24, 2.45) is 11.8 Å². The van der Waals surface area contributed by atoms with Gasteiger partial charge < -0.3 is 15.1 Å². The molecule has 0 saturated carbocycles. The van der Waals surface area contributed by atoms with Crippen molar-refractivity contribution in [3.63, 3.8) is 0 Å². The van der Waals surface area contributed by atoms with Gasteiger partial charge in [0.05, 0.1) is 6.04 Å². The highest BCUT2D eigenvalue weighted by Gasteiger charge is 2.32. The number of likely N-dealkylation sites (tertiary alicyclic amines) is 1. The number of benzene rings is 1. The molecule has 2 heterocycles. The molecule has 4 nitrogen and oxygen atoms in total. The van der Waals surface area contributed by atoms with Crippen LogP contribution in [0.25, 0.3) is 0 Å². The van der Waals surface area contributed by atoms with E-state index in [4.69, 9.17) is 0 Å². The Kier molecular flexibility index (Phi) is 6.00. The predicted octanol–water partition coefficient (Wildman–Crippen LogP) is 3.44. The van der Waals surface area contributed by atoms with E-state index in [0.29, 0.717) is 24.2 Å². The number of nitrogens with zero attached hydrogens (tertiary/aromatic N) is 2. The highest BCUT2D eigenvalue weighted by molar-refractivity contribution is 5.77. The summed E-state index contributed by atoms with van der Waals surface area (Å²) < 4.78 is 0. The van der Waals surface area contributed by atoms with Crippen molar-refractivity contribution in [1.29, 1.82) is 0 Å². The Labute approximate surface area is 152 Å². The largest absolute Gasteiger partial charge is 0.378 e. The molecule has 25 heavy (non-hydrogen) atoms. The molecule has 1 aromatic rings. The molecule has 1 amide bonds. The molecule has 2 unspecified atom stereocenters. The van der Waals surface area contributed by atoms with Crippen molar-refractivity contribution < 1.29 is 4.79 Å². The average Bonchev–Trinajstić information content (AvgIpc) is 3.12. The first-order chi connectivity index (χ1) is 12.1. The van der Waals surface area contributed by atoms with Crippen molar-refractivity contribution in [1.82, 2.24) is 10.2 Å². The summed E-state index contributed by atoms with van der Waals surface area (Å²) in [6.45, 7) is 5.39. The molecule has 0 aromatic heterocycles. The fourth-order valence-corrected chi connectivity index (χ4v) is 4.39. The molecule has 4 heteroatoms. The molecule has 1 aromatic carbocycles. The minimum absolute atomic E-state index is 0.257. The zero-order valence-electron chi connectivity index (χ0n) is 16.0. The molecule has 0 aliphatic carbocycles. The van der Waals surface area contributed by atoms with Crippen LogP contribution in [0.2, 0.25) is 0 Å². The van der Waals surface area contributed by atoms with Crippen molar-refractivity contribution in [2.45, 2.75) is 45.1 Å². The van der Waals surface area contributed by atoms with E-state index in [2.05, 4.69) is 60.4 Å². The van der Waals surface area contributed by atoms with Crippen LogP contribution in [0.4, 0.5) is 5.69 Å². The van der Waals surface area contributed by atoms with Gasteiger partial charge in [-0.05, 0) is 68.3 Å². The van der Waals surface area contributed by atoms with E-state index in [1.165, 1.54) is 24.1 Å². The molecule has 2 atom stereocenters. The van der Waals surface area contributed by atoms with Gasteiger partial charge in [-0.25, -0.2) is 0 Å². The third-order valence-corrected chi connectivity index (χ3v) is 6.03. The predicted molar refractivity (Wildman–Crippen MR) is 104 cm³/mol. The normalized spacial score (nSPS) is 22.8. The molecule has 0 radical (unpaired) electrons. The third-order valence-electron chi connectivity index (χ3n) is 6.03. The van der Waals surface area contributed by atoms with Crippen LogP contribution in [0.3, 0.4) is 0 Å². The number of hydrogen-bond donors (Lipinski definition) is 1. The van der Waals surface area contributed by atoms with Crippen molar-refractivity contribution in [3.05, 3.63) is 29.8 Å². The van der Waals surface area contributed by atoms with E-state index in [9.17, 15) is 4.79 Å². The summed E-state index contributed by atoms with van der Waals surface area (Å²) in [5, 5.41) is 3.42. The van der Waals surface area contributed by atoms with E-state index in [-0.39, 0.29) is 6.04 Å². The van der Waals surface area contributed by atoms with Crippen LogP contribution >= 0.6 is 0 Å². The molecule has 2 aliphatic rings. The van der Waals surface area contributed by atoms with Crippen molar-refractivity contribution in [2.75, 3.05) is 38.6 Å². The topological polar surface area (TPSA) is 35.6 Å². The lowest BCUT2D eigenvalue weighted by Crippen LogP contribution is -2.35. The summed E-state index contributed by atoms with van der Waals surface area (Å²) in [5.41, 5.74) is 2.49. The van der Waals surface area contributed by atoms with Gasteiger partial charge in [0.15, 0.2) is 0 Å². The summed E-state index contributed by atoms with van der Waals surface area (Å²) in [6, 6.07) is 8.92. The number of piperidine rings is 1. The van der Waals surface area contributed by atoms with Gasteiger partial charge >= 0.3 is 0 Å². The summed E-state index contributed by atoms with van der Waals surface area (Å²) >= 11 is 0. The van der Waals surface area contributed by atoms with Gasteiger partial charge in [-0.3, -0.25) is 4.79 Å². The Morgan fingerprint density at radius 3 is 2.76 bits per heavy atom. The van der Waals surface area contributed by atoms with Gasteiger partial charge in [0.2, 0.25) is 5.91 Å². The SMILES string of the molecule is CC(CC(=O)N1CCCC1c1cccc(N(C)C)c1)C1CCNCC1. The average molecular weight is 344 g/mol. The zero-order valence-corrected chi connectivity index (χ0v) is 16.0. The summed E-state index contributed by atoms with van der Waals surface area (Å²) in [5.74, 6) is 1.54. The van der Waals surface area contributed by atoms with E-state index < -0.39 is 0 Å². The van der Waals surface area contributed by atoms with Gasteiger partial charge in [0.25, 0.3) is 0 Å². The van der Waals surface area contributed by atoms with Gasteiger partial charge in [0.1, 0.15) is 0 Å². The molecular formula is C21H33N3O. The maximum Gasteiger partial charge on any atom is 0.223 e.